The van der Waals surface area contributed by atoms with E-state index in [1.807, 2.05) is 12.1 Å². The Morgan fingerprint density at radius 1 is 1.15 bits per heavy atom. The minimum Gasteiger partial charge on any atom is -0.436 e. The highest BCUT2D eigenvalue weighted by Crippen LogP contribution is 2.35. The van der Waals surface area contributed by atoms with Crippen molar-refractivity contribution < 1.29 is 22.3 Å². The standard InChI is InChI=1S/C23H20ClF2N3O3S/c1-2-9-33(31,32)29-19-8-7-18(25)20(21(19)26)22(30)17-12-28-23-16(17)10-14(11-27-23)13-3-5-15(24)6-4-13/h3-8,10-12,22,29-30H,2,9H2,1H3,(H,27,28)/p+1. The highest BCUT2D eigenvalue weighted by atomic mass is 35.5. The Morgan fingerprint density at radius 2 is 1.88 bits per heavy atom. The summed E-state index contributed by atoms with van der Waals surface area (Å²) in [6.07, 6.45) is 2.00. The molecule has 33 heavy (non-hydrogen) atoms. The molecule has 0 amide bonds. The van der Waals surface area contributed by atoms with Crippen LogP contribution in [0.5, 0.6) is 0 Å². The number of hydrogen-bond acceptors (Lipinski definition) is 3. The third-order valence-corrected chi connectivity index (χ3v) is 6.93. The molecule has 10 heteroatoms. The number of rotatable bonds is 7. The van der Waals surface area contributed by atoms with Crippen molar-refractivity contribution in [2.24, 2.45) is 0 Å². The fourth-order valence-corrected chi connectivity index (χ4v) is 4.88. The maximum Gasteiger partial charge on any atom is 0.232 e. The molecule has 4 rings (SSSR count). The lowest BCUT2D eigenvalue weighted by molar-refractivity contribution is 0.211. The molecule has 0 aliphatic carbocycles. The maximum atomic E-state index is 15.2. The first-order valence-electron chi connectivity index (χ1n) is 10.1. The number of fused-ring (bicyclic) bond motifs is 1. The summed E-state index contributed by atoms with van der Waals surface area (Å²) in [6.45, 7) is 1.68. The first-order chi connectivity index (χ1) is 15.7. The van der Waals surface area contributed by atoms with Crippen LogP contribution >= 0.6 is 11.6 Å². The molecule has 2 aromatic heterocycles. The molecule has 1 unspecified atom stereocenters. The second kappa shape index (κ2) is 9.09. The number of H-pyrrole nitrogens is 1. The topological polar surface area (TPSA) is 97.7 Å². The monoisotopic (exact) mass is 492 g/mol. The summed E-state index contributed by atoms with van der Waals surface area (Å²) in [6, 6.07) is 10.9. The summed E-state index contributed by atoms with van der Waals surface area (Å²) < 4.78 is 56.2. The molecule has 0 saturated carbocycles. The second-order valence-electron chi connectivity index (χ2n) is 7.55. The lowest BCUT2D eigenvalue weighted by Gasteiger charge is -2.14. The highest BCUT2D eigenvalue weighted by Gasteiger charge is 2.29. The number of halogens is 3. The number of hydrogen-bond donors (Lipinski definition) is 2. The van der Waals surface area contributed by atoms with Gasteiger partial charge in [0.2, 0.25) is 16.1 Å². The summed E-state index contributed by atoms with van der Waals surface area (Å²) in [7, 11) is -3.79. The average Bonchev–Trinajstić information content (AvgIpc) is 3.19. The third kappa shape index (κ3) is 4.71. The minimum absolute atomic E-state index is 0.203. The molecule has 2 heterocycles. The van der Waals surface area contributed by atoms with Crippen molar-refractivity contribution in [2.75, 3.05) is 10.5 Å². The molecule has 0 bridgehead atoms. The molecular weight excluding hydrogens is 472 g/mol. The Labute approximate surface area is 194 Å². The van der Waals surface area contributed by atoms with E-state index >= 15 is 4.39 Å². The van der Waals surface area contributed by atoms with Gasteiger partial charge in [-0.05, 0) is 42.3 Å². The molecule has 0 spiro atoms. The van der Waals surface area contributed by atoms with Gasteiger partial charge in [0.25, 0.3) is 0 Å². The summed E-state index contributed by atoms with van der Waals surface area (Å²) in [5.41, 5.74) is 1.41. The molecule has 0 saturated heterocycles. The van der Waals surface area contributed by atoms with Crippen LogP contribution in [0.4, 0.5) is 14.5 Å². The normalized spacial score (nSPS) is 12.8. The van der Waals surface area contributed by atoms with Crippen molar-refractivity contribution >= 4 is 38.3 Å². The smallest absolute Gasteiger partial charge is 0.232 e. The number of anilines is 1. The Balaban J connectivity index is 1.77. The van der Waals surface area contributed by atoms with Gasteiger partial charge in [0, 0.05) is 28.4 Å². The van der Waals surface area contributed by atoms with E-state index in [1.54, 1.807) is 31.3 Å². The Bertz CT molecular complexity index is 1420. The Kier molecular flexibility index (Phi) is 6.38. The molecule has 0 aliphatic heterocycles. The van der Waals surface area contributed by atoms with E-state index in [2.05, 4.69) is 14.7 Å². The zero-order chi connectivity index (χ0) is 23.8. The molecular formula is C23H21ClF2N3O3S+. The molecule has 172 valence electrons. The van der Waals surface area contributed by atoms with Crippen LogP contribution in [-0.4, -0.2) is 29.2 Å². The molecule has 2 aromatic carbocycles. The van der Waals surface area contributed by atoms with Gasteiger partial charge in [0.15, 0.2) is 5.82 Å². The number of nitrogens with one attached hydrogen (secondary N) is 2. The number of benzene rings is 2. The highest BCUT2D eigenvalue weighted by molar-refractivity contribution is 7.92. The first kappa shape index (κ1) is 23.2. The van der Waals surface area contributed by atoms with Crippen LogP contribution < -0.4 is 4.72 Å². The van der Waals surface area contributed by atoms with E-state index in [0.717, 1.165) is 23.3 Å². The van der Waals surface area contributed by atoms with Gasteiger partial charge < -0.3 is 10.1 Å². The minimum atomic E-state index is -3.79. The van der Waals surface area contributed by atoms with Crippen molar-refractivity contribution in [3.05, 3.63) is 82.6 Å². The number of sulfonamides is 1. The lowest BCUT2D eigenvalue weighted by atomic mass is 9.98. The number of aromatic amines is 1. The van der Waals surface area contributed by atoms with E-state index in [1.165, 1.54) is 6.20 Å². The van der Waals surface area contributed by atoms with Gasteiger partial charge in [-0.3, -0.25) is 4.72 Å². The quantitative estimate of drug-likeness (QED) is 0.350. The first-order valence-corrected chi connectivity index (χ1v) is 12.2. The van der Waals surface area contributed by atoms with Crippen molar-refractivity contribution in [2.45, 2.75) is 19.4 Å². The van der Waals surface area contributed by atoms with Crippen molar-refractivity contribution in [1.82, 2.24) is 9.97 Å². The molecule has 0 fully saturated rings. The molecule has 0 aliphatic rings. The maximum absolute atomic E-state index is 15.2. The van der Waals surface area contributed by atoms with Crippen LogP contribution in [0.25, 0.3) is 22.2 Å². The SMILES string of the molecule is CCCS(=O)(=O)Nc1ccc(F)c(C([OH2+])c2c[nH]c3ncc(-c4ccc(Cl)cc4)cc23)c1F. The summed E-state index contributed by atoms with van der Waals surface area (Å²) in [5, 5.41) is 9.74. The second-order valence-corrected chi connectivity index (χ2v) is 9.83. The van der Waals surface area contributed by atoms with Crippen LogP contribution in [0.1, 0.15) is 30.6 Å². The Hall–Kier alpha value is -3.01. The third-order valence-electron chi connectivity index (χ3n) is 5.21. The largest absolute Gasteiger partial charge is 0.436 e. The van der Waals surface area contributed by atoms with Gasteiger partial charge in [-0.25, -0.2) is 22.2 Å². The molecule has 6 nitrogen and oxygen atoms in total. The van der Waals surface area contributed by atoms with Crippen molar-refractivity contribution in [3.63, 3.8) is 0 Å². The van der Waals surface area contributed by atoms with Crippen molar-refractivity contribution in [3.8, 4) is 11.1 Å². The number of nitrogens with zero attached hydrogens (tertiary/aromatic N) is 1. The van der Waals surface area contributed by atoms with E-state index in [9.17, 15) is 12.8 Å². The van der Waals surface area contributed by atoms with Crippen LogP contribution in [0, 0.1) is 11.6 Å². The van der Waals surface area contributed by atoms with Gasteiger partial charge in [0.1, 0.15) is 17.0 Å². The molecule has 1 atom stereocenters. The van der Waals surface area contributed by atoms with E-state index < -0.39 is 39.0 Å². The lowest BCUT2D eigenvalue weighted by Crippen LogP contribution is -2.18. The molecule has 4 aromatic rings. The predicted octanol–water partition coefficient (Wildman–Crippen LogP) is 5.13. The van der Waals surface area contributed by atoms with Crippen LogP contribution in [-0.2, 0) is 10.0 Å². The van der Waals surface area contributed by atoms with Gasteiger partial charge in [0.05, 0.1) is 17.0 Å². The zero-order valence-corrected chi connectivity index (χ0v) is 19.1. The van der Waals surface area contributed by atoms with Crippen molar-refractivity contribution in [1.29, 1.82) is 0 Å². The summed E-state index contributed by atoms with van der Waals surface area (Å²) in [4.78, 5) is 7.28. The zero-order valence-electron chi connectivity index (χ0n) is 17.5. The van der Waals surface area contributed by atoms with Gasteiger partial charge in [-0.15, -0.1) is 0 Å². The summed E-state index contributed by atoms with van der Waals surface area (Å²) >= 11 is 5.95. The van der Waals surface area contributed by atoms with Crippen LogP contribution in [0.3, 0.4) is 0 Å². The van der Waals surface area contributed by atoms with Gasteiger partial charge >= 0.3 is 0 Å². The van der Waals surface area contributed by atoms with Crippen LogP contribution in [0.15, 0.2) is 54.9 Å². The fourth-order valence-electron chi connectivity index (χ4n) is 3.62. The van der Waals surface area contributed by atoms with E-state index in [0.29, 0.717) is 28.0 Å². The Morgan fingerprint density at radius 3 is 2.58 bits per heavy atom. The fraction of sp³-hybridized carbons (Fsp3) is 0.174. The van der Waals surface area contributed by atoms with E-state index in [-0.39, 0.29) is 5.75 Å². The number of pyridine rings is 1. The van der Waals surface area contributed by atoms with Gasteiger partial charge in [-0.1, -0.05) is 30.7 Å². The predicted molar refractivity (Wildman–Crippen MR) is 126 cm³/mol. The van der Waals surface area contributed by atoms with Crippen LogP contribution in [0.2, 0.25) is 5.02 Å². The average molecular weight is 493 g/mol. The summed E-state index contributed by atoms with van der Waals surface area (Å²) in [5.74, 6) is -2.27. The number of aromatic nitrogens is 2. The van der Waals surface area contributed by atoms with Gasteiger partial charge in [-0.2, -0.15) is 0 Å². The molecule has 0 radical (unpaired) electrons. The van der Waals surface area contributed by atoms with E-state index in [4.69, 9.17) is 16.7 Å². The molecule has 4 N–H and O–H groups in total.